The van der Waals surface area contributed by atoms with Gasteiger partial charge in [-0.1, -0.05) is 0 Å². The molecule has 0 aromatic rings. The number of aliphatic carboxylic acids is 1. The second-order valence-corrected chi connectivity index (χ2v) is 5.16. The summed E-state index contributed by atoms with van der Waals surface area (Å²) in [4.78, 5) is 33.8. The molecule has 5 N–H and O–H groups in total. The molecule has 2 rings (SSSR count). The van der Waals surface area contributed by atoms with E-state index in [9.17, 15) is 14.4 Å². The van der Waals surface area contributed by atoms with Crippen LogP contribution in [0.4, 0.5) is 0 Å². The number of amides is 1. The van der Waals surface area contributed by atoms with Crippen LogP contribution >= 0.6 is 0 Å². The third kappa shape index (κ3) is 5.07. The van der Waals surface area contributed by atoms with Gasteiger partial charge in [-0.2, -0.15) is 0 Å². The van der Waals surface area contributed by atoms with E-state index in [0.29, 0.717) is 19.3 Å². The Morgan fingerprint density at radius 1 is 1.38 bits per heavy atom. The lowest BCUT2D eigenvalue weighted by Crippen LogP contribution is -2.48. The average molecular weight is 301 g/mol. The Morgan fingerprint density at radius 2 is 2.10 bits per heavy atom. The third-order valence-electron chi connectivity index (χ3n) is 3.56. The molecule has 0 radical (unpaired) electrons. The molecule has 8 heteroatoms. The van der Waals surface area contributed by atoms with Gasteiger partial charge in [0.2, 0.25) is 5.91 Å². The van der Waals surface area contributed by atoms with Gasteiger partial charge in [0.15, 0.2) is 0 Å². The summed E-state index contributed by atoms with van der Waals surface area (Å²) in [5, 5.41) is 20.0. The number of likely N-dealkylation sites (tertiary alicyclic amines) is 1. The Labute approximate surface area is 123 Å². The van der Waals surface area contributed by atoms with Crippen LogP contribution in [0, 0.1) is 0 Å². The molecule has 8 nitrogen and oxygen atoms in total. The number of nitrogens with zero attached hydrogens (tertiary/aromatic N) is 1. The molecule has 0 unspecified atom stereocenters. The van der Waals surface area contributed by atoms with Crippen molar-refractivity contribution in [3.63, 3.8) is 0 Å². The van der Waals surface area contributed by atoms with E-state index >= 15 is 0 Å². The number of rotatable bonds is 4. The maximum absolute atomic E-state index is 12.0. The van der Waals surface area contributed by atoms with E-state index in [1.807, 2.05) is 0 Å². The maximum atomic E-state index is 12.0. The minimum atomic E-state index is -0.876. The predicted octanol–water partition coefficient (Wildman–Crippen LogP) is -1.68. The minimum absolute atomic E-state index is 0.0302. The normalized spacial score (nSPS) is 25.9. The summed E-state index contributed by atoms with van der Waals surface area (Å²) in [7, 11) is 0. The number of aliphatic hydroxyl groups is 1. The molecule has 120 valence electrons. The van der Waals surface area contributed by atoms with Gasteiger partial charge in [-0.3, -0.25) is 4.79 Å². The van der Waals surface area contributed by atoms with E-state index in [1.54, 1.807) is 0 Å². The molecule has 0 spiro atoms. The number of aliphatic hydroxyl groups excluding tert-OH is 1. The summed E-state index contributed by atoms with van der Waals surface area (Å²) < 4.78 is 0. The fourth-order valence-electron chi connectivity index (χ4n) is 2.43. The highest BCUT2D eigenvalue weighted by atomic mass is 16.4. The van der Waals surface area contributed by atoms with E-state index in [2.05, 4.69) is 5.32 Å². The Morgan fingerprint density at radius 3 is 2.52 bits per heavy atom. The summed E-state index contributed by atoms with van der Waals surface area (Å²) in [6.45, 7) is 1.19. The van der Waals surface area contributed by atoms with Crippen molar-refractivity contribution in [1.82, 2.24) is 10.2 Å². The van der Waals surface area contributed by atoms with Gasteiger partial charge in [-0.25, -0.2) is 4.79 Å². The molecule has 0 aliphatic carbocycles. The molecule has 0 bridgehead atoms. The lowest BCUT2D eigenvalue weighted by atomic mass is 10.1. The minimum Gasteiger partial charge on any atom is -0.480 e. The van der Waals surface area contributed by atoms with E-state index in [-0.39, 0.29) is 18.6 Å². The molecule has 2 aliphatic rings. The molecule has 2 heterocycles. The molecule has 0 saturated carbocycles. The van der Waals surface area contributed by atoms with Gasteiger partial charge >= 0.3 is 5.97 Å². The summed E-state index contributed by atoms with van der Waals surface area (Å²) >= 11 is 0. The van der Waals surface area contributed by atoms with Gasteiger partial charge in [0.25, 0.3) is 0 Å². The maximum Gasteiger partial charge on any atom is 0.326 e. The van der Waals surface area contributed by atoms with Gasteiger partial charge in [0.05, 0.1) is 18.7 Å². The standard InChI is InChI=1S/C10H16N2O3.C3H7NO2/c13-9(7-3-1-5-11-7)12-6-2-4-8(12)10(14)15;4-3(1-5)2-6/h7-8,11H,1-6H2,(H,14,15);1,3,6H,2,4H2/t7-,8-;3-/m01/s1. The Hall–Kier alpha value is -1.51. The molecule has 2 saturated heterocycles. The van der Waals surface area contributed by atoms with Crippen molar-refractivity contribution in [1.29, 1.82) is 0 Å². The molecular weight excluding hydrogens is 278 g/mol. The van der Waals surface area contributed by atoms with Crippen LogP contribution in [0.5, 0.6) is 0 Å². The number of carbonyl (C=O) groups is 3. The first-order chi connectivity index (χ1) is 10.0. The van der Waals surface area contributed by atoms with Gasteiger partial charge in [-0.05, 0) is 32.2 Å². The summed E-state index contributed by atoms with van der Waals surface area (Å²) in [5.74, 6) is -0.906. The molecule has 21 heavy (non-hydrogen) atoms. The zero-order valence-electron chi connectivity index (χ0n) is 11.9. The van der Waals surface area contributed by atoms with Crippen LogP contribution in [-0.2, 0) is 14.4 Å². The number of aldehydes is 1. The van der Waals surface area contributed by atoms with E-state index < -0.39 is 18.1 Å². The largest absolute Gasteiger partial charge is 0.480 e. The predicted molar refractivity (Wildman–Crippen MR) is 74.5 cm³/mol. The van der Waals surface area contributed by atoms with Crippen molar-refractivity contribution < 1.29 is 24.6 Å². The van der Waals surface area contributed by atoms with Crippen LogP contribution < -0.4 is 11.1 Å². The van der Waals surface area contributed by atoms with Gasteiger partial charge in [-0.15, -0.1) is 0 Å². The van der Waals surface area contributed by atoms with Crippen LogP contribution in [0.2, 0.25) is 0 Å². The SMILES string of the molecule is N[C@H](C=O)CO.O=C(O)[C@@H]1CCCN1C(=O)[C@@H]1CCCN1. The van der Waals surface area contributed by atoms with Crippen molar-refractivity contribution in [3.8, 4) is 0 Å². The summed E-state index contributed by atoms with van der Waals surface area (Å²) in [6.07, 6.45) is 3.73. The highest BCUT2D eigenvalue weighted by Crippen LogP contribution is 2.20. The van der Waals surface area contributed by atoms with Crippen molar-refractivity contribution in [3.05, 3.63) is 0 Å². The second kappa shape index (κ2) is 8.71. The second-order valence-electron chi connectivity index (χ2n) is 5.16. The lowest BCUT2D eigenvalue weighted by Gasteiger charge is -2.24. The van der Waals surface area contributed by atoms with E-state index in [1.165, 1.54) is 4.90 Å². The fraction of sp³-hybridized carbons (Fsp3) is 0.769. The molecule has 3 atom stereocenters. The fourth-order valence-corrected chi connectivity index (χ4v) is 2.43. The number of nitrogens with one attached hydrogen (secondary N) is 1. The topological polar surface area (TPSA) is 133 Å². The van der Waals surface area contributed by atoms with Gasteiger partial charge in [0.1, 0.15) is 12.3 Å². The number of hydrogen-bond donors (Lipinski definition) is 4. The van der Waals surface area contributed by atoms with Gasteiger partial charge in [0, 0.05) is 6.54 Å². The van der Waals surface area contributed by atoms with Crippen LogP contribution in [0.1, 0.15) is 25.7 Å². The zero-order chi connectivity index (χ0) is 15.8. The van der Waals surface area contributed by atoms with Crippen molar-refractivity contribution in [2.45, 2.75) is 43.8 Å². The molecule has 0 aromatic heterocycles. The lowest BCUT2D eigenvalue weighted by molar-refractivity contribution is -0.148. The molecule has 0 aromatic carbocycles. The van der Waals surface area contributed by atoms with Crippen LogP contribution in [0.3, 0.4) is 0 Å². The third-order valence-corrected chi connectivity index (χ3v) is 3.56. The first-order valence-electron chi connectivity index (χ1n) is 7.09. The molecule has 2 fully saturated rings. The molecular formula is C13H23N3O5. The number of nitrogens with two attached hydrogens (primary N) is 1. The van der Waals surface area contributed by atoms with Crippen LogP contribution in [0.15, 0.2) is 0 Å². The first-order valence-corrected chi connectivity index (χ1v) is 7.09. The van der Waals surface area contributed by atoms with Crippen LogP contribution in [0.25, 0.3) is 0 Å². The smallest absolute Gasteiger partial charge is 0.326 e. The number of hydrogen-bond acceptors (Lipinski definition) is 6. The van der Waals surface area contributed by atoms with Crippen molar-refractivity contribution in [2.75, 3.05) is 19.7 Å². The Kier molecular flexibility index (Phi) is 7.27. The summed E-state index contributed by atoms with van der Waals surface area (Å²) in [5.41, 5.74) is 4.85. The van der Waals surface area contributed by atoms with Crippen molar-refractivity contribution in [2.24, 2.45) is 5.73 Å². The zero-order valence-corrected chi connectivity index (χ0v) is 11.9. The Balaban J connectivity index is 0.000000315. The Bertz CT molecular complexity index is 371. The average Bonchev–Trinajstić information content (AvgIpc) is 3.16. The first kappa shape index (κ1) is 17.5. The van der Waals surface area contributed by atoms with Gasteiger partial charge < -0.3 is 31.0 Å². The number of carbonyl (C=O) groups excluding carboxylic acids is 2. The molecule has 1 amide bonds. The highest BCUT2D eigenvalue weighted by molar-refractivity contribution is 5.87. The number of carboxylic acids is 1. The van der Waals surface area contributed by atoms with Crippen LogP contribution in [-0.4, -0.2) is 71.1 Å². The highest BCUT2D eigenvalue weighted by Gasteiger charge is 2.37. The molecule has 2 aliphatic heterocycles. The monoisotopic (exact) mass is 301 g/mol. The summed E-state index contributed by atoms with van der Waals surface area (Å²) in [6, 6.07) is -1.44. The quantitative estimate of drug-likeness (QED) is 0.456. The number of carboxylic acid groups (broad SMARTS) is 1. The van der Waals surface area contributed by atoms with E-state index in [4.69, 9.17) is 15.9 Å². The van der Waals surface area contributed by atoms with E-state index in [0.717, 1.165) is 25.8 Å². The van der Waals surface area contributed by atoms with Crippen molar-refractivity contribution >= 4 is 18.2 Å².